The molecule has 4 nitrogen and oxygen atoms in total. The molecular weight excluding hydrogens is 180 g/mol. The lowest BCUT2D eigenvalue weighted by molar-refractivity contribution is 0.0615. The summed E-state index contributed by atoms with van der Waals surface area (Å²) in [4.78, 5) is 0. The second kappa shape index (κ2) is 3.57. The van der Waals surface area contributed by atoms with Gasteiger partial charge in [-0.25, -0.2) is 0 Å². The summed E-state index contributed by atoms with van der Waals surface area (Å²) < 4.78 is 4.88. The first kappa shape index (κ1) is 9.45. The maximum absolute atomic E-state index is 12.3. The standard InChI is InChI=1S/C10H14N2O2/c11-9-1-3-10(4-2-9)12(13)5-7-14-8-6-12/h1-4H,5-8,11H2. The van der Waals surface area contributed by atoms with Gasteiger partial charge >= 0.3 is 0 Å². The summed E-state index contributed by atoms with van der Waals surface area (Å²) >= 11 is 0. The highest BCUT2D eigenvalue weighted by atomic mass is 16.6. The van der Waals surface area contributed by atoms with Crippen molar-refractivity contribution in [3.8, 4) is 0 Å². The molecule has 0 aliphatic carbocycles. The van der Waals surface area contributed by atoms with Crippen LogP contribution in [-0.2, 0) is 4.74 Å². The van der Waals surface area contributed by atoms with Gasteiger partial charge in [-0.05, 0) is 12.1 Å². The van der Waals surface area contributed by atoms with Gasteiger partial charge in [0.25, 0.3) is 0 Å². The first-order valence-electron chi connectivity index (χ1n) is 4.73. The lowest BCUT2D eigenvalue weighted by atomic mass is 10.2. The molecule has 76 valence electrons. The fraction of sp³-hybridized carbons (Fsp3) is 0.400. The van der Waals surface area contributed by atoms with Crippen LogP contribution in [0.2, 0.25) is 0 Å². The Balaban J connectivity index is 2.23. The molecule has 0 atom stereocenters. The fourth-order valence-corrected chi connectivity index (χ4v) is 1.64. The van der Waals surface area contributed by atoms with Gasteiger partial charge in [0, 0.05) is 17.8 Å². The molecule has 0 saturated carbocycles. The van der Waals surface area contributed by atoms with Crippen molar-refractivity contribution in [2.24, 2.45) is 0 Å². The number of hydrogen-bond donors (Lipinski definition) is 1. The predicted molar refractivity (Wildman–Crippen MR) is 56.6 cm³/mol. The lowest BCUT2D eigenvalue weighted by Gasteiger charge is -2.44. The van der Waals surface area contributed by atoms with E-state index in [0.29, 0.717) is 32.0 Å². The molecule has 1 aliphatic heterocycles. The molecule has 2 N–H and O–H groups in total. The number of anilines is 1. The van der Waals surface area contributed by atoms with Gasteiger partial charge in [0.05, 0.1) is 13.2 Å². The molecule has 4 heteroatoms. The maximum Gasteiger partial charge on any atom is 0.133 e. The van der Waals surface area contributed by atoms with Crippen LogP contribution >= 0.6 is 0 Å². The van der Waals surface area contributed by atoms with Crippen molar-refractivity contribution in [3.05, 3.63) is 29.5 Å². The SMILES string of the molecule is Nc1ccc([N+]2([O-])CCOCC2)cc1. The average Bonchev–Trinajstić information content (AvgIpc) is 2.19. The van der Waals surface area contributed by atoms with Crippen molar-refractivity contribution in [1.82, 2.24) is 4.65 Å². The first-order valence-corrected chi connectivity index (χ1v) is 4.73. The molecule has 1 aliphatic rings. The zero-order valence-electron chi connectivity index (χ0n) is 7.98. The number of ether oxygens (including phenoxy) is 1. The Kier molecular flexibility index (Phi) is 2.41. The zero-order valence-corrected chi connectivity index (χ0v) is 7.98. The summed E-state index contributed by atoms with van der Waals surface area (Å²) in [6.45, 7) is 2.05. The van der Waals surface area contributed by atoms with Gasteiger partial charge in [-0.15, -0.1) is 0 Å². The molecule has 0 amide bonds. The van der Waals surface area contributed by atoms with Crippen molar-refractivity contribution in [2.75, 3.05) is 32.0 Å². The number of rotatable bonds is 1. The molecule has 14 heavy (non-hydrogen) atoms. The highest BCUT2D eigenvalue weighted by Gasteiger charge is 2.23. The number of quaternary nitrogens is 1. The van der Waals surface area contributed by atoms with E-state index in [9.17, 15) is 5.21 Å². The van der Waals surface area contributed by atoms with Crippen LogP contribution in [0, 0.1) is 5.21 Å². The van der Waals surface area contributed by atoms with Gasteiger partial charge < -0.3 is 20.3 Å². The second-order valence-electron chi connectivity index (χ2n) is 3.54. The Morgan fingerprint density at radius 1 is 1.14 bits per heavy atom. The Morgan fingerprint density at radius 3 is 2.29 bits per heavy atom. The molecule has 1 heterocycles. The molecular formula is C10H14N2O2. The Hall–Kier alpha value is -1.10. The maximum atomic E-state index is 12.3. The molecule has 0 spiro atoms. The van der Waals surface area contributed by atoms with Crippen LogP contribution in [0.5, 0.6) is 0 Å². The molecule has 0 radical (unpaired) electrons. The Bertz CT molecular complexity index is 304. The van der Waals surface area contributed by atoms with Crippen LogP contribution in [0.25, 0.3) is 0 Å². The van der Waals surface area contributed by atoms with Gasteiger partial charge in [-0.3, -0.25) is 0 Å². The Labute approximate surface area is 83.1 Å². The lowest BCUT2D eigenvalue weighted by Crippen LogP contribution is -2.51. The van der Waals surface area contributed by atoms with Crippen LogP contribution in [0.3, 0.4) is 0 Å². The highest BCUT2D eigenvalue weighted by Crippen LogP contribution is 2.24. The third-order valence-electron chi connectivity index (χ3n) is 2.56. The van der Waals surface area contributed by atoms with Crippen molar-refractivity contribution in [3.63, 3.8) is 0 Å². The molecule has 1 fully saturated rings. The van der Waals surface area contributed by atoms with E-state index in [1.165, 1.54) is 0 Å². The third kappa shape index (κ3) is 1.72. The third-order valence-corrected chi connectivity index (χ3v) is 2.56. The van der Waals surface area contributed by atoms with E-state index in [1.54, 1.807) is 24.3 Å². The minimum absolute atomic E-state index is 0.291. The molecule has 1 aromatic rings. The summed E-state index contributed by atoms with van der Waals surface area (Å²) in [5.74, 6) is 0. The van der Waals surface area contributed by atoms with E-state index in [2.05, 4.69) is 0 Å². The van der Waals surface area contributed by atoms with E-state index in [1.807, 2.05) is 0 Å². The first-order chi connectivity index (χ1) is 6.71. The Morgan fingerprint density at radius 2 is 1.71 bits per heavy atom. The molecule has 2 rings (SSSR count). The zero-order chi connectivity index (χ0) is 10.0. The smallest absolute Gasteiger partial charge is 0.133 e. The minimum atomic E-state index is -0.291. The average molecular weight is 194 g/mol. The van der Waals surface area contributed by atoms with Crippen molar-refractivity contribution < 1.29 is 4.74 Å². The van der Waals surface area contributed by atoms with Gasteiger partial charge in [-0.1, -0.05) is 0 Å². The van der Waals surface area contributed by atoms with Crippen LogP contribution in [0.4, 0.5) is 11.4 Å². The molecule has 0 bridgehead atoms. The van der Waals surface area contributed by atoms with Crippen LogP contribution in [0.1, 0.15) is 0 Å². The van der Waals surface area contributed by atoms with Crippen molar-refractivity contribution >= 4 is 11.4 Å². The number of nitrogen functional groups attached to an aromatic ring is 1. The van der Waals surface area contributed by atoms with Crippen molar-refractivity contribution in [1.29, 1.82) is 0 Å². The quantitative estimate of drug-likeness (QED) is 0.414. The van der Waals surface area contributed by atoms with Gasteiger partial charge in [0.15, 0.2) is 0 Å². The summed E-state index contributed by atoms with van der Waals surface area (Å²) in [5.41, 5.74) is 7.02. The summed E-state index contributed by atoms with van der Waals surface area (Å²) in [6.07, 6.45) is 0. The number of hydrogen-bond acceptors (Lipinski definition) is 3. The summed E-state index contributed by atoms with van der Waals surface area (Å²) in [6, 6.07) is 7.13. The molecule has 1 saturated heterocycles. The van der Waals surface area contributed by atoms with E-state index in [0.717, 1.165) is 5.69 Å². The summed E-state index contributed by atoms with van der Waals surface area (Å²) in [5, 5.41) is 12.3. The summed E-state index contributed by atoms with van der Waals surface area (Å²) in [7, 11) is 0. The van der Waals surface area contributed by atoms with Crippen molar-refractivity contribution in [2.45, 2.75) is 0 Å². The number of benzene rings is 1. The van der Waals surface area contributed by atoms with Crippen LogP contribution < -0.4 is 10.4 Å². The highest BCUT2D eigenvalue weighted by molar-refractivity contribution is 5.51. The fourth-order valence-electron chi connectivity index (χ4n) is 1.64. The number of morpholine rings is 1. The molecule has 0 aromatic heterocycles. The van der Waals surface area contributed by atoms with Crippen LogP contribution in [-0.4, -0.2) is 26.3 Å². The normalized spacial score (nSPS) is 20.6. The largest absolute Gasteiger partial charge is 0.627 e. The molecule has 1 aromatic carbocycles. The second-order valence-corrected chi connectivity index (χ2v) is 3.54. The predicted octanol–water partition coefficient (Wildman–Crippen LogP) is 1.10. The monoisotopic (exact) mass is 194 g/mol. The van der Waals surface area contributed by atoms with Gasteiger partial charge in [-0.2, -0.15) is 0 Å². The van der Waals surface area contributed by atoms with E-state index in [-0.39, 0.29) is 4.65 Å². The number of hydroxylamine groups is 2. The topological polar surface area (TPSA) is 58.3 Å². The minimum Gasteiger partial charge on any atom is -0.627 e. The number of nitrogens with zero attached hydrogens (tertiary/aromatic N) is 1. The molecule has 0 unspecified atom stereocenters. The van der Waals surface area contributed by atoms with E-state index >= 15 is 0 Å². The number of nitrogens with two attached hydrogens (primary N) is 1. The van der Waals surface area contributed by atoms with Gasteiger partial charge in [0.1, 0.15) is 18.8 Å². The van der Waals surface area contributed by atoms with E-state index < -0.39 is 0 Å². The van der Waals surface area contributed by atoms with E-state index in [4.69, 9.17) is 10.5 Å². The van der Waals surface area contributed by atoms with Crippen LogP contribution in [0.15, 0.2) is 24.3 Å². The van der Waals surface area contributed by atoms with Gasteiger partial charge in [0.2, 0.25) is 0 Å².